The number of halogens is 3. The summed E-state index contributed by atoms with van der Waals surface area (Å²) >= 11 is 0. The molecule has 2 N–H and O–H groups in total. The predicted octanol–water partition coefficient (Wildman–Crippen LogP) is 1.08. The number of hydrogen-bond donors (Lipinski definition) is 2. The summed E-state index contributed by atoms with van der Waals surface area (Å²) in [6, 6.07) is 1.61. The number of aliphatic hydroxyl groups is 1. The number of hydrogen-bond acceptors (Lipinski definition) is 7. The first-order chi connectivity index (χ1) is 13.2. The number of alkyl halides is 3. The van der Waals surface area contributed by atoms with Gasteiger partial charge in [-0.25, -0.2) is 9.78 Å². The van der Waals surface area contributed by atoms with Gasteiger partial charge in [-0.2, -0.15) is 13.2 Å². The standard InChI is InChI=1S/C17H19F3N2O7/c1-8(23)29-12(15(25)26)11-14(24)22(6-7-28-11)10-5-4-9(17(18,19)20)13(21-10)16(2,3)27/h4-5,11-12,27H,6-7H2,1-3H3,(H,25,26)/t11-,12-/m1/s1. The van der Waals surface area contributed by atoms with E-state index in [0.717, 1.165) is 31.7 Å². The fraction of sp³-hybridized carbons (Fsp3) is 0.529. The fourth-order valence-corrected chi connectivity index (χ4v) is 2.77. The second-order valence-electron chi connectivity index (χ2n) is 6.77. The van der Waals surface area contributed by atoms with Crippen LogP contribution in [0.15, 0.2) is 12.1 Å². The number of pyridine rings is 1. The first-order valence-electron chi connectivity index (χ1n) is 8.37. The minimum atomic E-state index is -4.79. The van der Waals surface area contributed by atoms with Gasteiger partial charge in [-0.3, -0.25) is 14.5 Å². The number of aromatic nitrogens is 1. The zero-order chi connectivity index (χ0) is 22.1. The molecule has 0 unspecified atom stereocenters. The largest absolute Gasteiger partial charge is 0.478 e. The molecule has 0 bridgehead atoms. The molecule has 0 aromatic carbocycles. The number of anilines is 1. The minimum absolute atomic E-state index is 0.134. The number of carbonyl (C=O) groups is 3. The molecule has 1 aliphatic rings. The number of rotatable bonds is 5. The van der Waals surface area contributed by atoms with Crippen LogP contribution >= 0.6 is 0 Å². The van der Waals surface area contributed by atoms with Crippen molar-refractivity contribution in [3.8, 4) is 0 Å². The highest BCUT2D eigenvalue weighted by Crippen LogP contribution is 2.37. The SMILES string of the molecule is CC(=O)O[C@@H](C(=O)O)[C@H]1OCCN(c2ccc(C(F)(F)F)c(C(C)(C)O)n2)C1=O. The Kier molecular flexibility index (Phi) is 6.18. The van der Waals surface area contributed by atoms with E-state index in [4.69, 9.17) is 4.74 Å². The second kappa shape index (κ2) is 7.95. The van der Waals surface area contributed by atoms with Crippen LogP contribution in [-0.2, 0) is 35.6 Å². The van der Waals surface area contributed by atoms with E-state index in [1.54, 1.807) is 0 Å². The first-order valence-corrected chi connectivity index (χ1v) is 8.37. The van der Waals surface area contributed by atoms with Gasteiger partial charge in [-0.1, -0.05) is 0 Å². The van der Waals surface area contributed by atoms with Crippen molar-refractivity contribution >= 4 is 23.7 Å². The molecule has 1 saturated heterocycles. The molecule has 0 radical (unpaired) electrons. The quantitative estimate of drug-likeness (QED) is 0.678. The molecule has 9 nitrogen and oxygen atoms in total. The summed E-state index contributed by atoms with van der Waals surface area (Å²) in [5, 5.41) is 19.3. The van der Waals surface area contributed by atoms with Crippen molar-refractivity contribution in [3.63, 3.8) is 0 Å². The number of morpholine rings is 1. The third-order valence-electron chi connectivity index (χ3n) is 3.98. The van der Waals surface area contributed by atoms with Gasteiger partial charge in [0.2, 0.25) is 6.10 Å². The molecule has 12 heteroatoms. The molecule has 1 aromatic rings. The monoisotopic (exact) mass is 420 g/mol. The highest BCUT2D eigenvalue weighted by Gasteiger charge is 2.44. The Morgan fingerprint density at radius 1 is 1.34 bits per heavy atom. The summed E-state index contributed by atoms with van der Waals surface area (Å²) in [4.78, 5) is 39.9. The summed E-state index contributed by atoms with van der Waals surface area (Å²) < 4.78 is 49.5. The minimum Gasteiger partial charge on any atom is -0.478 e. The van der Waals surface area contributed by atoms with Gasteiger partial charge < -0.3 is 19.7 Å². The molecule has 2 atom stereocenters. The number of aliphatic carboxylic acids is 1. The molecule has 160 valence electrons. The van der Waals surface area contributed by atoms with Crippen molar-refractivity contribution in [1.29, 1.82) is 0 Å². The van der Waals surface area contributed by atoms with Crippen molar-refractivity contribution in [1.82, 2.24) is 4.98 Å². The maximum Gasteiger partial charge on any atom is 0.418 e. The maximum absolute atomic E-state index is 13.2. The van der Waals surface area contributed by atoms with Gasteiger partial charge in [0, 0.05) is 6.92 Å². The molecule has 29 heavy (non-hydrogen) atoms. The number of nitrogens with zero attached hydrogens (tertiary/aromatic N) is 2. The number of carboxylic acid groups (broad SMARTS) is 1. The maximum atomic E-state index is 13.2. The summed E-state index contributed by atoms with van der Waals surface area (Å²) in [6.07, 6.45) is -8.44. The van der Waals surface area contributed by atoms with Crippen LogP contribution in [0.4, 0.5) is 19.0 Å². The lowest BCUT2D eigenvalue weighted by atomic mass is 9.98. The molecule has 1 aliphatic heterocycles. The lowest BCUT2D eigenvalue weighted by molar-refractivity contribution is -0.177. The van der Waals surface area contributed by atoms with E-state index in [-0.39, 0.29) is 19.0 Å². The smallest absolute Gasteiger partial charge is 0.418 e. The zero-order valence-corrected chi connectivity index (χ0v) is 15.7. The van der Waals surface area contributed by atoms with Crippen LogP contribution in [0, 0.1) is 0 Å². The molecule has 1 aromatic heterocycles. The van der Waals surface area contributed by atoms with Gasteiger partial charge in [0.15, 0.2) is 6.10 Å². The van der Waals surface area contributed by atoms with Crippen LogP contribution in [0.25, 0.3) is 0 Å². The van der Waals surface area contributed by atoms with Gasteiger partial charge >= 0.3 is 18.1 Å². The highest BCUT2D eigenvalue weighted by atomic mass is 19.4. The predicted molar refractivity (Wildman–Crippen MR) is 89.8 cm³/mol. The van der Waals surface area contributed by atoms with Crippen LogP contribution in [0.5, 0.6) is 0 Å². The van der Waals surface area contributed by atoms with Gasteiger partial charge in [-0.05, 0) is 26.0 Å². The van der Waals surface area contributed by atoms with Crippen molar-refractivity contribution in [2.45, 2.75) is 44.8 Å². The third-order valence-corrected chi connectivity index (χ3v) is 3.98. The number of ether oxygens (including phenoxy) is 2. The molecule has 1 amide bonds. The average Bonchev–Trinajstić information content (AvgIpc) is 2.58. The van der Waals surface area contributed by atoms with E-state index in [9.17, 15) is 37.8 Å². The summed E-state index contributed by atoms with van der Waals surface area (Å²) in [7, 11) is 0. The third kappa shape index (κ3) is 5.01. The highest BCUT2D eigenvalue weighted by molar-refractivity contribution is 6.00. The van der Waals surface area contributed by atoms with E-state index < -0.39 is 53.1 Å². The molecular weight excluding hydrogens is 401 g/mol. The van der Waals surface area contributed by atoms with Crippen molar-refractivity contribution in [3.05, 3.63) is 23.4 Å². The van der Waals surface area contributed by atoms with Crippen LogP contribution in [0.3, 0.4) is 0 Å². The lowest BCUT2D eigenvalue weighted by Gasteiger charge is -2.34. The van der Waals surface area contributed by atoms with E-state index >= 15 is 0 Å². The lowest BCUT2D eigenvalue weighted by Crippen LogP contribution is -2.56. The van der Waals surface area contributed by atoms with Crippen molar-refractivity contribution in [2.75, 3.05) is 18.1 Å². The van der Waals surface area contributed by atoms with Gasteiger partial charge in [0.25, 0.3) is 5.91 Å². The number of esters is 1. The molecule has 0 aliphatic carbocycles. The fourth-order valence-electron chi connectivity index (χ4n) is 2.77. The first kappa shape index (κ1) is 22.6. The Labute approximate surface area is 163 Å². The van der Waals surface area contributed by atoms with Crippen LogP contribution < -0.4 is 4.90 Å². The van der Waals surface area contributed by atoms with E-state index in [1.165, 1.54) is 0 Å². The van der Waals surface area contributed by atoms with Gasteiger partial charge in [0.1, 0.15) is 11.4 Å². The molecular formula is C17H19F3N2O7. The van der Waals surface area contributed by atoms with Gasteiger partial charge in [0.05, 0.1) is 24.4 Å². The van der Waals surface area contributed by atoms with Crippen molar-refractivity contribution < 1.29 is 47.2 Å². The topological polar surface area (TPSA) is 126 Å². The molecule has 2 rings (SSSR count). The number of carboxylic acids is 1. The second-order valence-corrected chi connectivity index (χ2v) is 6.77. The normalized spacial score (nSPS) is 19.1. The Hall–Kier alpha value is -2.73. The Balaban J connectivity index is 2.45. The Morgan fingerprint density at radius 3 is 2.45 bits per heavy atom. The molecule has 0 saturated carbocycles. The van der Waals surface area contributed by atoms with E-state index in [2.05, 4.69) is 9.72 Å². The summed E-state index contributed by atoms with van der Waals surface area (Å²) in [5.74, 6) is -3.78. The molecule has 2 heterocycles. The van der Waals surface area contributed by atoms with Crippen LogP contribution in [0.2, 0.25) is 0 Å². The number of carbonyl (C=O) groups excluding carboxylic acids is 2. The average molecular weight is 420 g/mol. The molecule has 0 spiro atoms. The van der Waals surface area contributed by atoms with E-state index in [1.807, 2.05) is 0 Å². The zero-order valence-electron chi connectivity index (χ0n) is 15.7. The Bertz CT molecular complexity index is 820. The Morgan fingerprint density at radius 2 is 1.97 bits per heavy atom. The van der Waals surface area contributed by atoms with Crippen molar-refractivity contribution in [2.24, 2.45) is 0 Å². The molecule has 1 fully saturated rings. The van der Waals surface area contributed by atoms with Gasteiger partial charge in [-0.15, -0.1) is 0 Å². The summed E-state index contributed by atoms with van der Waals surface area (Å²) in [5.41, 5.74) is -3.85. The van der Waals surface area contributed by atoms with Crippen LogP contribution in [0.1, 0.15) is 32.0 Å². The van der Waals surface area contributed by atoms with Crippen LogP contribution in [-0.4, -0.2) is 58.4 Å². The summed E-state index contributed by atoms with van der Waals surface area (Å²) in [6.45, 7) is 2.86. The number of amides is 1. The van der Waals surface area contributed by atoms with E-state index in [0.29, 0.717) is 6.07 Å².